The Morgan fingerprint density at radius 2 is 1.31 bits per heavy atom. The van der Waals surface area contributed by atoms with Crippen molar-refractivity contribution in [1.82, 2.24) is 0 Å². The van der Waals surface area contributed by atoms with Gasteiger partial charge in [-0.05, 0) is 0 Å². The Balaban J connectivity index is 3.97. The molecule has 0 bridgehead atoms. The number of hydrogen-bond donors (Lipinski definition) is 0. The monoisotopic (exact) mass is 292 g/mol. The van der Waals surface area contributed by atoms with E-state index in [0.717, 1.165) is 29.7 Å². The van der Waals surface area contributed by atoms with Gasteiger partial charge in [0.15, 0.2) is 0 Å². The van der Waals surface area contributed by atoms with E-state index in [4.69, 9.17) is 3.73 Å². The quantitative estimate of drug-likeness (QED) is 0.409. The number of unbranched alkanes of at least 4 members (excludes halogenated alkanes) is 4. The van der Waals surface area contributed by atoms with Gasteiger partial charge in [-0.2, -0.15) is 0 Å². The minimum atomic E-state index is -2.95. The van der Waals surface area contributed by atoms with E-state index in [2.05, 4.69) is 20.8 Å². The van der Waals surface area contributed by atoms with Gasteiger partial charge in [0.1, 0.15) is 0 Å². The molecule has 0 atom stereocenters. The van der Waals surface area contributed by atoms with Crippen molar-refractivity contribution in [3.8, 4) is 0 Å². The predicted molar refractivity (Wildman–Crippen MR) is 71.3 cm³/mol. The molecule has 0 radical (unpaired) electrons. The topological polar surface area (TPSA) is 26.3 Å². The molecule has 0 saturated carbocycles. The van der Waals surface area contributed by atoms with E-state index in [1.54, 1.807) is 0 Å². The molecule has 98 valence electrons. The standard InChI is InChI=1S/C13H29AsO2/c1-4-7-9-11-14(15,16-13-6-3)12-10-8-5-2/h4-13H2,1-3H3. The second-order valence-corrected chi connectivity index (χ2v) is 10.3. The van der Waals surface area contributed by atoms with E-state index < -0.39 is 13.8 Å². The SMILES string of the molecule is CCCCC[As](=O)(CCCCC)OCCC. The molecule has 0 fully saturated rings. The van der Waals surface area contributed by atoms with Crippen LogP contribution in [0.25, 0.3) is 0 Å². The average Bonchev–Trinajstić information content (AvgIpc) is 2.27. The van der Waals surface area contributed by atoms with E-state index in [-0.39, 0.29) is 0 Å². The van der Waals surface area contributed by atoms with E-state index in [1.807, 2.05) is 0 Å². The molecule has 0 aromatic carbocycles. The fraction of sp³-hybridized carbons (Fsp3) is 1.00. The van der Waals surface area contributed by atoms with Crippen LogP contribution in [0.1, 0.15) is 65.7 Å². The van der Waals surface area contributed by atoms with Gasteiger partial charge in [0.05, 0.1) is 0 Å². The molecular weight excluding hydrogens is 263 g/mol. The van der Waals surface area contributed by atoms with Gasteiger partial charge < -0.3 is 0 Å². The zero-order chi connectivity index (χ0) is 12.3. The van der Waals surface area contributed by atoms with E-state index in [1.165, 1.54) is 25.7 Å². The van der Waals surface area contributed by atoms with Gasteiger partial charge in [0.2, 0.25) is 0 Å². The summed E-state index contributed by atoms with van der Waals surface area (Å²) >= 11 is -2.95. The van der Waals surface area contributed by atoms with Gasteiger partial charge in [-0.15, -0.1) is 0 Å². The van der Waals surface area contributed by atoms with Crippen molar-refractivity contribution in [3.63, 3.8) is 0 Å². The first-order chi connectivity index (χ1) is 7.68. The molecular formula is C13H29AsO2. The van der Waals surface area contributed by atoms with Crippen molar-refractivity contribution in [2.45, 2.75) is 76.1 Å². The maximum atomic E-state index is 12.6. The van der Waals surface area contributed by atoms with Crippen LogP contribution in [0.4, 0.5) is 0 Å². The van der Waals surface area contributed by atoms with E-state index in [9.17, 15) is 3.74 Å². The van der Waals surface area contributed by atoms with Gasteiger partial charge in [0, 0.05) is 0 Å². The summed E-state index contributed by atoms with van der Waals surface area (Å²) in [6.45, 7) is 7.14. The Hall–Kier alpha value is 0.318. The van der Waals surface area contributed by atoms with E-state index in [0.29, 0.717) is 6.61 Å². The normalized spacial score (nSPS) is 11.9. The van der Waals surface area contributed by atoms with Gasteiger partial charge in [-0.25, -0.2) is 0 Å². The van der Waals surface area contributed by atoms with Crippen molar-refractivity contribution in [1.29, 1.82) is 0 Å². The zero-order valence-electron chi connectivity index (χ0n) is 11.3. The molecule has 0 rings (SSSR count). The molecule has 0 spiro atoms. The third kappa shape index (κ3) is 8.47. The molecule has 0 aliphatic rings. The summed E-state index contributed by atoms with van der Waals surface area (Å²) in [4.78, 5) is 0. The third-order valence-electron chi connectivity index (χ3n) is 2.74. The maximum absolute atomic E-state index is 12.6. The molecule has 0 heterocycles. The first-order valence-electron chi connectivity index (χ1n) is 6.91. The molecule has 0 N–H and O–H groups in total. The first-order valence-corrected chi connectivity index (χ1v) is 11.1. The van der Waals surface area contributed by atoms with Crippen LogP contribution in [-0.2, 0) is 7.47 Å². The Kier molecular flexibility index (Phi) is 10.7. The Morgan fingerprint density at radius 3 is 1.69 bits per heavy atom. The van der Waals surface area contributed by atoms with Crippen LogP contribution >= 0.6 is 0 Å². The average molecular weight is 292 g/mol. The fourth-order valence-electron chi connectivity index (χ4n) is 1.70. The fourth-order valence-corrected chi connectivity index (χ4v) is 6.76. The molecule has 0 unspecified atom stereocenters. The predicted octanol–water partition coefficient (Wildman–Crippen LogP) is 4.67. The van der Waals surface area contributed by atoms with Crippen LogP contribution in [0.3, 0.4) is 0 Å². The van der Waals surface area contributed by atoms with Crippen molar-refractivity contribution in [3.05, 3.63) is 0 Å². The summed E-state index contributed by atoms with van der Waals surface area (Å²) in [6.07, 6.45) is 7.92. The van der Waals surface area contributed by atoms with E-state index >= 15 is 0 Å². The second-order valence-electron chi connectivity index (χ2n) is 4.51. The van der Waals surface area contributed by atoms with Crippen LogP contribution in [-0.4, -0.2) is 20.4 Å². The summed E-state index contributed by atoms with van der Waals surface area (Å²) in [5.41, 5.74) is 0. The van der Waals surface area contributed by atoms with Crippen LogP contribution in [0.2, 0.25) is 10.4 Å². The molecule has 3 heteroatoms. The van der Waals surface area contributed by atoms with Gasteiger partial charge >= 0.3 is 104 Å². The molecule has 0 aromatic rings. The van der Waals surface area contributed by atoms with Gasteiger partial charge in [0.25, 0.3) is 0 Å². The molecule has 0 aromatic heterocycles. The molecule has 0 aliphatic carbocycles. The van der Waals surface area contributed by atoms with Crippen molar-refractivity contribution < 1.29 is 7.47 Å². The van der Waals surface area contributed by atoms with Crippen molar-refractivity contribution in [2.75, 3.05) is 6.61 Å². The van der Waals surface area contributed by atoms with Crippen LogP contribution in [0, 0.1) is 0 Å². The van der Waals surface area contributed by atoms with Crippen molar-refractivity contribution >= 4 is 13.8 Å². The Bertz CT molecular complexity index is 178. The molecule has 16 heavy (non-hydrogen) atoms. The summed E-state index contributed by atoms with van der Waals surface area (Å²) < 4.78 is 18.2. The van der Waals surface area contributed by atoms with Crippen LogP contribution in [0.15, 0.2) is 0 Å². The third-order valence-corrected chi connectivity index (χ3v) is 8.29. The first kappa shape index (κ1) is 16.3. The Morgan fingerprint density at radius 1 is 0.812 bits per heavy atom. The summed E-state index contributed by atoms with van der Waals surface area (Å²) in [7, 11) is 0. The zero-order valence-corrected chi connectivity index (χ0v) is 13.2. The van der Waals surface area contributed by atoms with Crippen LogP contribution < -0.4 is 0 Å². The van der Waals surface area contributed by atoms with Gasteiger partial charge in [-0.1, -0.05) is 0 Å². The summed E-state index contributed by atoms with van der Waals surface area (Å²) in [5, 5.41) is 1.71. The second kappa shape index (κ2) is 10.5. The molecule has 0 saturated heterocycles. The molecule has 2 nitrogen and oxygen atoms in total. The number of hydrogen-bond acceptors (Lipinski definition) is 2. The molecule has 0 aliphatic heterocycles. The Labute approximate surface area is 104 Å². The summed E-state index contributed by atoms with van der Waals surface area (Å²) in [5.74, 6) is 0. The van der Waals surface area contributed by atoms with Crippen molar-refractivity contribution in [2.24, 2.45) is 0 Å². The molecule has 0 amide bonds. The number of rotatable bonds is 11. The minimum absolute atomic E-state index is 0.689. The van der Waals surface area contributed by atoms with Gasteiger partial charge in [-0.3, -0.25) is 0 Å². The van der Waals surface area contributed by atoms with Crippen LogP contribution in [0.5, 0.6) is 0 Å². The summed E-state index contributed by atoms with van der Waals surface area (Å²) in [6, 6.07) is 0.